The van der Waals surface area contributed by atoms with Crippen LogP contribution in [0.4, 0.5) is 0 Å². The van der Waals surface area contributed by atoms with Crippen molar-refractivity contribution in [3.8, 4) is 0 Å². The van der Waals surface area contributed by atoms with Crippen LogP contribution in [0.3, 0.4) is 0 Å². The molecule has 77 heavy (non-hydrogen) atoms. The van der Waals surface area contributed by atoms with Crippen molar-refractivity contribution in [2.45, 2.75) is 328 Å². The third-order valence-corrected chi connectivity index (χ3v) is 14.7. The number of nitrogens with one attached hydrogen (secondary N) is 1. The van der Waals surface area contributed by atoms with E-state index in [9.17, 15) is 15.0 Å². The molecule has 0 rings (SSSR count). The summed E-state index contributed by atoms with van der Waals surface area (Å²) < 4.78 is 0. The van der Waals surface area contributed by atoms with Gasteiger partial charge in [-0.05, 0) is 103 Å². The van der Waals surface area contributed by atoms with Crippen LogP contribution in [0.2, 0.25) is 0 Å². The van der Waals surface area contributed by atoms with Gasteiger partial charge < -0.3 is 15.5 Å². The summed E-state index contributed by atoms with van der Waals surface area (Å²) in [6.07, 6.45) is 103. The van der Waals surface area contributed by atoms with E-state index in [2.05, 4.69) is 129 Å². The molecule has 0 aromatic rings. The van der Waals surface area contributed by atoms with Crippen LogP contribution in [0.5, 0.6) is 0 Å². The fraction of sp³-hybridized carbons (Fsp3) is 0.712. The number of unbranched alkanes of at least 4 members (excludes halogenated alkanes) is 35. The van der Waals surface area contributed by atoms with Crippen molar-refractivity contribution >= 4 is 5.91 Å². The lowest BCUT2D eigenvalue weighted by molar-refractivity contribution is -0.123. The monoisotopic (exact) mass is 1070 g/mol. The number of allylic oxidation sites excluding steroid dienone is 19. The minimum Gasteiger partial charge on any atom is -0.394 e. The predicted molar refractivity (Wildman–Crippen MR) is 345 cm³/mol. The fourth-order valence-corrected chi connectivity index (χ4v) is 9.66. The summed E-state index contributed by atoms with van der Waals surface area (Å²) in [7, 11) is 0. The maximum absolute atomic E-state index is 12.5. The van der Waals surface area contributed by atoms with Crippen molar-refractivity contribution in [1.82, 2.24) is 5.32 Å². The Kier molecular flexibility index (Phi) is 64.3. The number of aliphatic hydroxyl groups excluding tert-OH is 2. The first kappa shape index (κ1) is 73.8. The second kappa shape index (κ2) is 67.1. The SMILES string of the molecule is CC/C=C\C/C=C\C/C=C\C/C=C\C/C=C\C/C=C\C/C=C\CCCCCCCCCCCCCCCC(=O)NC(CO)C(O)/C=C/CC/C=C/CC/C=C/CCCCCCCCCCCCCCCCCCCCCC. The van der Waals surface area contributed by atoms with E-state index in [1.165, 1.54) is 212 Å². The van der Waals surface area contributed by atoms with Gasteiger partial charge in [-0.2, -0.15) is 0 Å². The van der Waals surface area contributed by atoms with Crippen LogP contribution < -0.4 is 5.32 Å². The molecule has 0 aliphatic heterocycles. The Hall–Kier alpha value is -3.21. The summed E-state index contributed by atoms with van der Waals surface area (Å²) in [6.45, 7) is 4.20. The summed E-state index contributed by atoms with van der Waals surface area (Å²) in [5.41, 5.74) is 0. The number of carbonyl (C=O) groups is 1. The van der Waals surface area contributed by atoms with Crippen LogP contribution in [0, 0.1) is 0 Å². The molecule has 0 aliphatic carbocycles. The Morgan fingerprint density at radius 2 is 0.584 bits per heavy atom. The van der Waals surface area contributed by atoms with E-state index >= 15 is 0 Å². The maximum atomic E-state index is 12.5. The highest BCUT2D eigenvalue weighted by Crippen LogP contribution is 2.17. The molecule has 0 bridgehead atoms. The normalized spacial score (nSPS) is 13.6. The molecule has 1 amide bonds. The number of hydrogen-bond donors (Lipinski definition) is 3. The summed E-state index contributed by atoms with van der Waals surface area (Å²) in [4.78, 5) is 12.5. The van der Waals surface area contributed by atoms with Gasteiger partial charge in [-0.25, -0.2) is 0 Å². The molecule has 0 aromatic heterocycles. The van der Waals surface area contributed by atoms with E-state index in [-0.39, 0.29) is 12.5 Å². The molecule has 0 aliphatic rings. The summed E-state index contributed by atoms with van der Waals surface area (Å²) in [5.74, 6) is -0.0810. The minimum absolute atomic E-state index is 0.0810. The second-order valence-corrected chi connectivity index (χ2v) is 22.1. The largest absolute Gasteiger partial charge is 0.394 e. The smallest absolute Gasteiger partial charge is 0.220 e. The summed E-state index contributed by atoms with van der Waals surface area (Å²) in [5, 5.41) is 23.2. The molecule has 0 aromatic carbocycles. The van der Waals surface area contributed by atoms with Gasteiger partial charge in [0.15, 0.2) is 0 Å². The first-order valence-corrected chi connectivity index (χ1v) is 33.2. The Bertz CT molecular complexity index is 1490. The lowest BCUT2D eigenvalue weighted by Crippen LogP contribution is -2.45. The van der Waals surface area contributed by atoms with Crippen molar-refractivity contribution < 1.29 is 15.0 Å². The van der Waals surface area contributed by atoms with Crippen molar-refractivity contribution in [3.63, 3.8) is 0 Å². The van der Waals surface area contributed by atoms with E-state index in [4.69, 9.17) is 0 Å². The van der Waals surface area contributed by atoms with Crippen LogP contribution >= 0.6 is 0 Å². The van der Waals surface area contributed by atoms with Gasteiger partial charge in [0, 0.05) is 6.42 Å². The first-order chi connectivity index (χ1) is 38.2. The lowest BCUT2D eigenvalue weighted by atomic mass is 10.0. The zero-order valence-electron chi connectivity index (χ0n) is 50.9. The molecule has 3 N–H and O–H groups in total. The Labute approximate surface area is 479 Å². The highest BCUT2D eigenvalue weighted by molar-refractivity contribution is 5.76. The topological polar surface area (TPSA) is 69.6 Å². The molecule has 2 unspecified atom stereocenters. The molecular formula is C73H127NO3. The van der Waals surface area contributed by atoms with Gasteiger partial charge >= 0.3 is 0 Å². The fourth-order valence-electron chi connectivity index (χ4n) is 9.66. The number of amides is 1. The molecule has 0 heterocycles. The highest BCUT2D eigenvalue weighted by Gasteiger charge is 2.18. The van der Waals surface area contributed by atoms with Gasteiger partial charge in [0.1, 0.15) is 0 Å². The van der Waals surface area contributed by atoms with Gasteiger partial charge in [-0.15, -0.1) is 0 Å². The van der Waals surface area contributed by atoms with Gasteiger partial charge in [0.05, 0.1) is 18.8 Å². The number of rotatable bonds is 60. The molecule has 442 valence electrons. The van der Waals surface area contributed by atoms with Gasteiger partial charge in [-0.3, -0.25) is 4.79 Å². The third-order valence-electron chi connectivity index (χ3n) is 14.7. The Morgan fingerprint density at radius 3 is 0.909 bits per heavy atom. The summed E-state index contributed by atoms with van der Waals surface area (Å²) in [6, 6.07) is -0.656. The highest BCUT2D eigenvalue weighted by atomic mass is 16.3. The van der Waals surface area contributed by atoms with Crippen LogP contribution in [0.25, 0.3) is 0 Å². The van der Waals surface area contributed by atoms with Crippen LogP contribution in [0.15, 0.2) is 122 Å². The lowest BCUT2D eigenvalue weighted by Gasteiger charge is -2.19. The predicted octanol–water partition coefficient (Wildman–Crippen LogP) is 22.8. The Balaban J connectivity index is 3.57. The number of carbonyl (C=O) groups excluding carboxylic acids is 1. The van der Waals surface area contributed by atoms with Gasteiger partial charge in [0.2, 0.25) is 5.91 Å². The quantitative estimate of drug-likeness (QED) is 0.0420. The zero-order valence-corrected chi connectivity index (χ0v) is 50.9. The van der Waals surface area contributed by atoms with E-state index in [1.807, 2.05) is 6.08 Å². The minimum atomic E-state index is -0.880. The molecule has 4 heteroatoms. The van der Waals surface area contributed by atoms with Crippen molar-refractivity contribution in [2.75, 3.05) is 6.61 Å². The number of aliphatic hydroxyl groups is 2. The van der Waals surface area contributed by atoms with Crippen LogP contribution in [-0.4, -0.2) is 34.9 Å². The molecule has 2 atom stereocenters. The maximum Gasteiger partial charge on any atom is 0.220 e. The second-order valence-electron chi connectivity index (χ2n) is 22.1. The molecular weight excluding hydrogens is 939 g/mol. The molecule has 0 saturated heterocycles. The molecule has 4 nitrogen and oxygen atoms in total. The molecule has 0 saturated carbocycles. The van der Waals surface area contributed by atoms with E-state index in [1.54, 1.807) is 6.08 Å². The van der Waals surface area contributed by atoms with Crippen molar-refractivity contribution in [2.24, 2.45) is 0 Å². The van der Waals surface area contributed by atoms with E-state index in [0.29, 0.717) is 6.42 Å². The van der Waals surface area contributed by atoms with Gasteiger partial charge in [0.25, 0.3) is 0 Å². The van der Waals surface area contributed by atoms with Crippen LogP contribution in [-0.2, 0) is 4.79 Å². The standard InChI is InChI=1S/C73H127NO3/c1-3-5-7-9-11-13-15-17-19-21-23-25-27-29-31-33-35-36-37-38-39-41-43-45-47-49-51-53-55-57-59-61-63-65-67-69-73(77)74-71(70-75)72(76)68-66-64-62-60-58-56-54-52-50-48-46-44-42-40-34-32-30-28-26-24-22-20-18-16-14-12-10-8-6-4-2/h5,7,11,13,17,19,23,25,29,31,35-36,38-39,50,52,58,60,66,68,71-72,75-76H,3-4,6,8-10,12,14-16,18,20-22,24,26-28,30,32-34,37,40-49,51,53-57,59,61-65,67,69-70H2,1-2H3,(H,74,77)/b7-5-,13-11-,19-17-,25-23-,31-29-,36-35-,39-38-,52-50+,60-58+,68-66+. The van der Waals surface area contributed by atoms with Crippen LogP contribution in [0.1, 0.15) is 316 Å². The van der Waals surface area contributed by atoms with Gasteiger partial charge in [-0.1, -0.05) is 328 Å². The average Bonchev–Trinajstić information content (AvgIpc) is 3.43. The van der Waals surface area contributed by atoms with E-state index < -0.39 is 12.1 Å². The molecule has 0 spiro atoms. The van der Waals surface area contributed by atoms with Crippen molar-refractivity contribution in [3.05, 3.63) is 122 Å². The third kappa shape index (κ3) is 63.5. The van der Waals surface area contributed by atoms with E-state index in [0.717, 1.165) is 83.5 Å². The molecule has 0 radical (unpaired) electrons. The average molecular weight is 1070 g/mol. The zero-order chi connectivity index (χ0) is 55.5. The molecule has 0 fully saturated rings. The number of hydrogen-bond acceptors (Lipinski definition) is 3. The Morgan fingerprint density at radius 1 is 0.325 bits per heavy atom. The van der Waals surface area contributed by atoms with Crippen molar-refractivity contribution in [1.29, 1.82) is 0 Å². The summed E-state index contributed by atoms with van der Waals surface area (Å²) >= 11 is 0. The first-order valence-electron chi connectivity index (χ1n) is 33.2.